The van der Waals surface area contributed by atoms with Crippen LogP contribution in [0.5, 0.6) is 0 Å². The molecule has 0 nitrogen and oxygen atoms in total. The molecule has 0 aliphatic rings. The maximum absolute atomic E-state index is 5.97. The van der Waals surface area contributed by atoms with Crippen LogP contribution in [-0.2, 0) is 0 Å². The zero-order chi connectivity index (χ0) is 8.97. The number of rotatable bonds is 3. The highest BCUT2D eigenvalue weighted by Crippen LogP contribution is 2.28. The zero-order valence-corrected chi connectivity index (χ0v) is 9.09. The molecule has 0 heterocycles. The Morgan fingerprint density at radius 2 is 1.92 bits per heavy atom. The summed E-state index contributed by atoms with van der Waals surface area (Å²) < 4.78 is 0.158. The summed E-state index contributed by atoms with van der Waals surface area (Å²) in [7, 11) is 0. The van der Waals surface area contributed by atoms with Gasteiger partial charge >= 0.3 is 0 Å². The lowest BCUT2D eigenvalue weighted by Crippen LogP contribution is -1.86. The maximum atomic E-state index is 5.97. The van der Waals surface area contributed by atoms with Gasteiger partial charge in [0.25, 0.3) is 0 Å². The van der Waals surface area contributed by atoms with Gasteiger partial charge in [0.1, 0.15) is 0 Å². The second-order valence-electron chi connectivity index (χ2n) is 2.39. The third-order valence-corrected chi connectivity index (χ3v) is 3.36. The van der Waals surface area contributed by atoms with Crippen LogP contribution >= 0.6 is 35.0 Å². The Balaban J connectivity index is 2.58. The largest absolute Gasteiger partial charge is 0.111 e. The lowest BCUT2D eigenvalue weighted by molar-refractivity contribution is 1.05. The number of hydrogen-bond acceptors (Lipinski definition) is 1. The monoisotopic (exact) mass is 220 g/mol. The van der Waals surface area contributed by atoms with Gasteiger partial charge in [-0.15, -0.1) is 23.4 Å². The van der Waals surface area contributed by atoms with E-state index >= 15 is 0 Å². The highest BCUT2D eigenvalue weighted by molar-refractivity contribution is 8.01. The molecule has 0 bridgehead atoms. The van der Waals surface area contributed by atoms with E-state index in [2.05, 4.69) is 6.92 Å². The van der Waals surface area contributed by atoms with Crippen LogP contribution in [0.4, 0.5) is 0 Å². The molecular formula is C9H10Cl2S. The lowest BCUT2D eigenvalue weighted by Gasteiger charge is -2.05. The molecule has 0 aliphatic carbocycles. The number of alkyl halides is 1. The summed E-state index contributed by atoms with van der Waals surface area (Å²) in [5.41, 5.74) is 0. The molecule has 1 aromatic rings. The van der Waals surface area contributed by atoms with E-state index in [-0.39, 0.29) is 4.71 Å². The van der Waals surface area contributed by atoms with Crippen molar-refractivity contribution in [2.75, 3.05) is 0 Å². The molecule has 0 N–H and O–H groups in total. The Kier molecular flexibility index (Phi) is 4.27. The van der Waals surface area contributed by atoms with E-state index < -0.39 is 0 Å². The number of hydrogen-bond donors (Lipinski definition) is 0. The first-order valence-corrected chi connectivity index (χ1v) is 5.48. The minimum absolute atomic E-state index is 0.158. The molecule has 12 heavy (non-hydrogen) atoms. The van der Waals surface area contributed by atoms with E-state index in [1.165, 1.54) is 4.90 Å². The third-order valence-electron chi connectivity index (χ3n) is 1.40. The van der Waals surface area contributed by atoms with Crippen molar-refractivity contribution in [3.63, 3.8) is 0 Å². The molecular weight excluding hydrogens is 211 g/mol. The summed E-state index contributed by atoms with van der Waals surface area (Å²) in [4.78, 5) is 1.17. The molecule has 0 saturated heterocycles. The standard InChI is InChI=1S/C9H10Cl2S/c1-2-9(11)12-8-5-3-7(10)4-6-8/h3-6,9H,2H2,1H3. The predicted molar refractivity (Wildman–Crippen MR) is 57.2 cm³/mol. The molecule has 1 atom stereocenters. The minimum Gasteiger partial charge on any atom is -0.111 e. The zero-order valence-electron chi connectivity index (χ0n) is 6.76. The first-order valence-electron chi connectivity index (χ1n) is 3.78. The van der Waals surface area contributed by atoms with E-state index in [0.717, 1.165) is 11.4 Å². The Bertz CT molecular complexity index is 233. The molecule has 1 aromatic carbocycles. The van der Waals surface area contributed by atoms with E-state index in [1.807, 2.05) is 24.3 Å². The topological polar surface area (TPSA) is 0 Å². The fraction of sp³-hybridized carbons (Fsp3) is 0.333. The predicted octanol–water partition coefficient (Wildman–Crippen LogP) is 4.41. The Labute approximate surface area is 87.3 Å². The van der Waals surface area contributed by atoms with Crippen molar-refractivity contribution in [1.82, 2.24) is 0 Å². The van der Waals surface area contributed by atoms with Gasteiger partial charge in [-0.05, 0) is 30.7 Å². The van der Waals surface area contributed by atoms with Crippen molar-refractivity contribution in [2.45, 2.75) is 22.9 Å². The molecule has 0 fully saturated rings. The fourth-order valence-corrected chi connectivity index (χ4v) is 1.93. The normalized spacial score (nSPS) is 12.9. The molecule has 0 saturated carbocycles. The summed E-state index contributed by atoms with van der Waals surface area (Å²) in [6.45, 7) is 2.07. The summed E-state index contributed by atoms with van der Waals surface area (Å²) in [6.07, 6.45) is 0.967. The van der Waals surface area contributed by atoms with Crippen LogP contribution in [0.25, 0.3) is 0 Å². The first-order chi connectivity index (χ1) is 5.72. The highest BCUT2D eigenvalue weighted by atomic mass is 35.5. The SMILES string of the molecule is CCC(Cl)Sc1ccc(Cl)cc1. The van der Waals surface area contributed by atoms with Crippen molar-refractivity contribution in [3.8, 4) is 0 Å². The van der Waals surface area contributed by atoms with Crippen LogP contribution in [-0.4, -0.2) is 4.71 Å². The first kappa shape index (κ1) is 10.2. The maximum Gasteiger partial charge on any atom is 0.0833 e. The van der Waals surface area contributed by atoms with Gasteiger partial charge in [-0.3, -0.25) is 0 Å². The second-order valence-corrected chi connectivity index (χ2v) is 4.89. The summed E-state index contributed by atoms with van der Waals surface area (Å²) in [5.74, 6) is 0. The Morgan fingerprint density at radius 1 is 1.33 bits per heavy atom. The van der Waals surface area contributed by atoms with Gasteiger partial charge in [-0.2, -0.15) is 0 Å². The molecule has 0 amide bonds. The van der Waals surface area contributed by atoms with Gasteiger partial charge in [0.05, 0.1) is 4.71 Å². The van der Waals surface area contributed by atoms with E-state index in [1.54, 1.807) is 11.8 Å². The quantitative estimate of drug-likeness (QED) is 0.538. The lowest BCUT2D eigenvalue weighted by atomic mass is 10.4. The van der Waals surface area contributed by atoms with Gasteiger partial charge in [-0.1, -0.05) is 18.5 Å². The van der Waals surface area contributed by atoms with Crippen LogP contribution in [0.3, 0.4) is 0 Å². The molecule has 66 valence electrons. The second kappa shape index (κ2) is 5.00. The van der Waals surface area contributed by atoms with Crippen LogP contribution in [0.2, 0.25) is 5.02 Å². The van der Waals surface area contributed by atoms with Crippen molar-refractivity contribution in [3.05, 3.63) is 29.3 Å². The van der Waals surface area contributed by atoms with Crippen LogP contribution < -0.4 is 0 Å². The van der Waals surface area contributed by atoms with E-state index in [4.69, 9.17) is 23.2 Å². The van der Waals surface area contributed by atoms with E-state index in [0.29, 0.717) is 0 Å². The van der Waals surface area contributed by atoms with Crippen molar-refractivity contribution in [2.24, 2.45) is 0 Å². The Morgan fingerprint density at radius 3 is 2.42 bits per heavy atom. The highest BCUT2D eigenvalue weighted by Gasteiger charge is 2.02. The molecule has 3 heteroatoms. The smallest absolute Gasteiger partial charge is 0.0833 e. The molecule has 0 radical (unpaired) electrons. The molecule has 1 rings (SSSR count). The van der Waals surface area contributed by atoms with Crippen LogP contribution in [0.15, 0.2) is 29.2 Å². The number of halogens is 2. The van der Waals surface area contributed by atoms with E-state index in [9.17, 15) is 0 Å². The van der Waals surface area contributed by atoms with Gasteiger partial charge in [0.2, 0.25) is 0 Å². The van der Waals surface area contributed by atoms with Crippen molar-refractivity contribution in [1.29, 1.82) is 0 Å². The van der Waals surface area contributed by atoms with Crippen molar-refractivity contribution >= 4 is 35.0 Å². The number of benzene rings is 1. The molecule has 1 unspecified atom stereocenters. The average molecular weight is 221 g/mol. The van der Waals surface area contributed by atoms with Gasteiger partial charge in [-0.25, -0.2) is 0 Å². The average Bonchev–Trinajstić information content (AvgIpc) is 2.09. The van der Waals surface area contributed by atoms with Gasteiger partial charge in [0, 0.05) is 9.92 Å². The summed E-state index contributed by atoms with van der Waals surface area (Å²) >= 11 is 13.4. The van der Waals surface area contributed by atoms with Gasteiger partial charge in [0.15, 0.2) is 0 Å². The fourth-order valence-electron chi connectivity index (χ4n) is 0.744. The Hall–Kier alpha value is 0.150. The van der Waals surface area contributed by atoms with Gasteiger partial charge < -0.3 is 0 Å². The minimum atomic E-state index is 0.158. The molecule has 0 aromatic heterocycles. The number of thioether (sulfide) groups is 1. The summed E-state index contributed by atoms with van der Waals surface area (Å²) in [5, 5.41) is 0.766. The molecule has 0 spiro atoms. The third kappa shape index (κ3) is 3.26. The van der Waals surface area contributed by atoms with Crippen LogP contribution in [0, 0.1) is 0 Å². The molecule has 0 aliphatic heterocycles. The summed E-state index contributed by atoms with van der Waals surface area (Å²) in [6, 6.07) is 7.72. The van der Waals surface area contributed by atoms with Crippen LogP contribution in [0.1, 0.15) is 13.3 Å². The van der Waals surface area contributed by atoms with Crippen molar-refractivity contribution < 1.29 is 0 Å².